The monoisotopic (exact) mass is 226 g/mol. The van der Waals surface area contributed by atoms with E-state index in [1.54, 1.807) is 11.8 Å². The van der Waals surface area contributed by atoms with Gasteiger partial charge < -0.3 is 0 Å². The van der Waals surface area contributed by atoms with Gasteiger partial charge in [-0.3, -0.25) is 0 Å². The molecular formula is C12H15ClS. The Morgan fingerprint density at radius 2 is 1.86 bits per heavy atom. The maximum absolute atomic E-state index is 6.01. The zero-order valence-corrected chi connectivity index (χ0v) is 10.4. The normalized spacial score (nSPS) is 12.6. The van der Waals surface area contributed by atoms with Crippen molar-refractivity contribution in [1.29, 1.82) is 0 Å². The van der Waals surface area contributed by atoms with Gasteiger partial charge >= 0.3 is 0 Å². The lowest BCUT2D eigenvalue weighted by atomic mass is 10.1. The molecule has 0 unspecified atom stereocenters. The molecule has 0 saturated heterocycles. The van der Waals surface area contributed by atoms with Gasteiger partial charge in [0.25, 0.3) is 0 Å². The lowest BCUT2D eigenvalue weighted by Gasteiger charge is -2.06. The van der Waals surface area contributed by atoms with E-state index < -0.39 is 0 Å². The van der Waals surface area contributed by atoms with Crippen molar-refractivity contribution >= 4 is 28.3 Å². The minimum absolute atomic E-state index is 0.863. The van der Waals surface area contributed by atoms with Crippen LogP contribution in [0.4, 0.5) is 0 Å². The Kier molecular flexibility index (Phi) is 4.56. The van der Waals surface area contributed by atoms with Crippen LogP contribution >= 0.6 is 23.4 Å². The van der Waals surface area contributed by atoms with Gasteiger partial charge in [-0.2, -0.15) is 0 Å². The molecule has 0 aliphatic heterocycles. The van der Waals surface area contributed by atoms with Crippen LogP contribution in [-0.2, 0) is 6.42 Å². The Balaban J connectivity index is 3.02. The molecule has 0 nitrogen and oxygen atoms in total. The molecule has 0 radical (unpaired) electrons. The Labute approximate surface area is 95.4 Å². The molecule has 0 fully saturated rings. The molecule has 76 valence electrons. The van der Waals surface area contributed by atoms with Crippen LogP contribution in [0.25, 0.3) is 4.91 Å². The number of thioether (sulfide) groups is 1. The smallest absolute Gasteiger partial charge is 0.0291 e. The molecule has 14 heavy (non-hydrogen) atoms. The summed E-state index contributed by atoms with van der Waals surface area (Å²) in [6.45, 7) is 4.09. The maximum Gasteiger partial charge on any atom is 0.0291 e. The van der Waals surface area contributed by atoms with Crippen LogP contribution in [0, 0.1) is 0 Å². The zero-order chi connectivity index (χ0) is 10.6. The van der Waals surface area contributed by atoms with Crippen LogP contribution < -0.4 is 0 Å². The predicted molar refractivity (Wildman–Crippen MR) is 67.8 cm³/mol. The summed E-state index contributed by atoms with van der Waals surface area (Å²) in [5.41, 5.74) is 2.57. The second kappa shape index (κ2) is 5.47. The van der Waals surface area contributed by atoms with Crippen molar-refractivity contribution in [3.05, 3.63) is 40.4 Å². The van der Waals surface area contributed by atoms with Gasteiger partial charge in [0.1, 0.15) is 0 Å². The molecule has 0 heterocycles. The van der Waals surface area contributed by atoms with Gasteiger partial charge in [-0.05, 0) is 30.7 Å². The van der Waals surface area contributed by atoms with Crippen LogP contribution in [0.3, 0.4) is 0 Å². The van der Waals surface area contributed by atoms with Gasteiger partial charge in [0, 0.05) is 9.94 Å². The Morgan fingerprint density at radius 3 is 2.21 bits per heavy atom. The highest BCUT2D eigenvalue weighted by molar-refractivity contribution is 8.07. The standard InChI is InChI=1S/C12H15ClS/c1-4-10-5-7-11(8-6-10)12(14-3)9(2)13/h5-8H,4H2,1-3H3/b12-9+. The highest BCUT2D eigenvalue weighted by Crippen LogP contribution is 2.30. The van der Waals surface area contributed by atoms with Crippen molar-refractivity contribution in [1.82, 2.24) is 0 Å². The molecule has 0 atom stereocenters. The quantitative estimate of drug-likeness (QED) is 0.729. The van der Waals surface area contributed by atoms with Crippen molar-refractivity contribution < 1.29 is 0 Å². The van der Waals surface area contributed by atoms with Gasteiger partial charge in [-0.25, -0.2) is 0 Å². The lowest BCUT2D eigenvalue weighted by molar-refractivity contribution is 1.14. The van der Waals surface area contributed by atoms with Crippen LogP contribution in [0.15, 0.2) is 29.3 Å². The van der Waals surface area contributed by atoms with Crippen molar-refractivity contribution in [3.63, 3.8) is 0 Å². The first-order chi connectivity index (χ1) is 6.69. The van der Waals surface area contributed by atoms with Crippen molar-refractivity contribution in [2.45, 2.75) is 20.3 Å². The summed E-state index contributed by atoms with van der Waals surface area (Å²) in [6.07, 6.45) is 3.13. The average molecular weight is 227 g/mol. The number of allylic oxidation sites excluding steroid dienone is 1. The Hall–Kier alpha value is -0.400. The molecule has 0 aromatic heterocycles. The Morgan fingerprint density at radius 1 is 1.29 bits per heavy atom. The van der Waals surface area contributed by atoms with Crippen molar-refractivity contribution in [3.8, 4) is 0 Å². The lowest BCUT2D eigenvalue weighted by Crippen LogP contribution is -1.84. The number of benzene rings is 1. The zero-order valence-electron chi connectivity index (χ0n) is 8.80. The van der Waals surface area contributed by atoms with Crippen molar-refractivity contribution in [2.75, 3.05) is 6.26 Å². The first-order valence-electron chi connectivity index (χ1n) is 4.68. The van der Waals surface area contributed by atoms with E-state index in [4.69, 9.17) is 11.6 Å². The highest BCUT2D eigenvalue weighted by atomic mass is 35.5. The second-order valence-electron chi connectivity index (χ2n) is 3.12. The third kappa shape index (κ3) is 2.79. The van der Waals surface area contributed by atoms with E-state index in [2.05, 4.69) is 37.4 Å². The SMILES string of the molecule is CCc1ccc(/C(SC)=C(/C)Cl)cc1. The summed E-state index contributed by atoms with van der Waals surface area (Å²) < 4.78 is 0. The first-order valence-corrected chi connectivity index (χ1v) is 6.29. The van der Waals surface area contributed by atoms with E-state index in [-0.39, 0.29) is 0 Å². The molecule has 0 aliphatic rings. The summed E-state index contributed by atoms with van der Waals surface area (Å²) >= 11 is 7.70. The molecule has 1 rings (SSSR count). The third-order valence-corrected chi connectivity index (χ3v) is 3.39. The van der Waals surface area contributed by atoms with Gasteiger partial charge in [0.2, 0.25) is 0 Å². The van der Waals surface area contributed by atoms with Gasteiger partial charge in [0.15, 0.2) is 0 Å². The van der Waals surface area contributed by atoms with Crippen LogP contribution in [0.1, 0.15) is 25.0 Å². The summed E-state index contributed by atoms with van der Waals surface area (Å²) in [6, 6.07) is 8.59. The molecule has 0 amide bonds. The molecule has 0 saturated carbocycles. The minimum Gasteiger partial charge on any atom is -0.128 e. The van der Waals surface area contributed by atoms with Crippen molar-refractivity contribution in [2.24, 2.45) is 0 Å². The molecular weight excluding hydrogens is 212 g/mol. The molecule has 1 aromatic carbocycles. The van der Waals surface area contributed by atoms with E-state index in [9.17, 15) is 0 Å². The summed E-state index contributed by atoms with van der Waals surface area (Å²) in [4.78, 5) is 1.16. The number of rotatable bonds is 3. The van der Waals surface area contributed by atoms with E-state index >= 15 is 0 Å². The fourth-order valence-electron chi connectivity index (χ4n) is 1.35. The minimum atomic E-state index is 0.863. The molecule has 0 bridgehead atoms. The van der Waals surface area contributed by atoms with Gasteiger partial charge in [0.05, 0.1) is 0 Å². The van der Waals surface area contributed by atoms with Crippen LogP contribution in [0.2, 0.25) is 0 Å². The fraction of sp³-hybridized carbons (Fsp3) is 0.333. The molecule has 0 spiro atoms. The second-order valence-corrected chi connectivity index (χ2v) is 4.50. The first kappa shape index (κ1) is 11.7. The highest BCUT2D eigenvalue weighted by Gasteiger charge is 2.02. The summed E-state index contributed by atoms with van der Waals surface area (Å²) in [5.74, 6) is 0. The topological polar surface area (TPSA) is 0 Å². The van der Waals surface area contributed by atoms with E-state index in [1.807, 2.05) is 6.92 Å². The fourth-order valence-corrected chi connectivity index (χ4v) is 2.34. The number of aryl methyl sites for hydroxylation is 1. The summed E-state index contributed by atoms with van der Waals surface area (Å²) in [5, 5.41) is 0.863. The number of halogens is 1. The maximum atomic E-state index is 6.01. The largest absolute Gasteiger partial charge is 0.128 e. The Bertz CT molecular complexity index is 321. The molecule has 1 aromatic rings. The third-order valence-electron chi connectivity index (χ3n) is 2.14. The predicted octanol–water partition coefficient (Wildman–Crippen LogP) is 4.54. The van der Waals surface area contributed by atoms with E-state index in [1.165, 1.54) is 11.1 Å². The van der Waals surface area contributed by atoms with E-state index in [0.29, 0.717) is 0 Å². The van der Waals surface area contributed by atoms with Gasteiger partial charge in [-0.1, -0.05) is 42.8 Å². The average Bonchev–Trinajstić information content (AvgIpc) is 2.19. The molecule has 2 heteroatoms. The van der Waals surface area contributed by atoms with E-state index in [0.717, 1.165) is 16.4 Å². The number of hydrogen-bond donors (Lipinski definition) is 0. The number of hydrogen-bond acceptors (Lipinski definition) is 1. The molecule has 0 N–H and O–H groups in total. The van der Waals surface area contributed by atoms with Crippen LogP contribution in [-0.4, -0.2) is 6.26 Å². The summed E-state index contributed by atoms with van der Waals surface area (Å²) in [7, 11) is 0. The van der Waals surface area contributed by atoms with Crippen LogP contribution in [0.5, 0.6) is 0 Å². The molecule has 0 aliphatic carbocycles. The van der Waals surface area contributed by atoms with Gasteiger partial charge in [-0.15, -0.1) is 11.8 Å².